The highest BCUT2D eigenvalue weighted by molar-refractivity contribution is 6.30. The Kier molecular flexibility index (Phi) is 5.70. The first kappa shape index (κ1) is 15.6. The zero-order valence-electron chi connectivity index (χ0n) is 12.6. The zero-order valence-corrected chi connectivity index (χ0v) is 13.3. The van der Waals surface area contributed by atoms with Crippen molar-refractivity contribution in [2.45, 2.75) is 13.8 Å². The van der Waals surface area contributed by atoms with Crippen molar-refractivity contribution in [3.05, 3.63) is 29.3 Å². The van der Waals surface area contributed by atoms with Crippen LogP contribution in [-0.2, 0) is 0 Å². The average molecular weight is 296 g/mol. The van der Waals surface area contributed by atoms with Crippen LogP contribution in [0.15, 0.2) is 24.3 Å². The number of rotatable bonds is 5. The minimum absolute atomic E-state index is 0.604. The summed E-state index contributed by atoms with van der Waals surface area (Å²) < 4.78 is 0. The molecule has 0 saturated carbocycles. The van der Waals surface area contributed by atoms with E-state index in [0.717, 1.165) is 44.3 Å². The summed E-state index contributed by atoms with van der Waals surface area (Å²) in [4.78, 5) is 4.95. The number of hydrogen-bond donors (Lipinski definition) is 1. The molecule has 1 atom stereocenters. The van der Waals surface area contributed by atoms with E-state index in [0.29, 0.717) is 11.8 Å². The number of nitrogens with zero attached hydrogens (tertiary/aromatic N) is 2. The molecule has 1 fully saturated rings. The van der Waals surface area contributed by atoms with E-state index in [2.05, 4.69) is 29.7 Å². The molecule has 0 aromatic heterocycles. The fourth-order valence-electron chi connectivity index (χ4n) is 2.75. The first-order valence-electron chi connectivity index (χ1n) is 7.53. The molecule has 1 heterocycles. The molecule has 0 bridgehead atoms. The molecule has 1 unspecified atom stereocenters. The van der Waals surface area contributed by atoms with Crippen LogP contribution in [0.1, 0.15) is 13.8 Å². The first-order chi connectivity index (χ1) is 9.60. The lowest BCUT2D eigenvalue weighted by molar-refractivity contribution is 0.195. The minimum atomic E-state index is 0.604. The zero-order chi connectivity index (χ0) is 14.5. The second kappa shape index (κ2) is 7.30. The normalized spacial score (nSPS) is 18.6. The van der Waals surface area contributed by atoms with Gasteiger partial charge in [-0.3, -0.25) is 4.90 Å². The van der Waals surface area contributed by atoms with Gasteiger partial charge in [-0.1, -0.05) is 31.5 Å². The topological polar surface area (TPSA) is 32.5 Å². The van der Waals surface area contributed by atoms with Gasteiger partial charge in [0.1, 0.15) is 0 Å². The Labute approximate surface area is 127 Å². The second-order valence-electron chi connectivity index (χ2n) is 6.01. The van der Waals surface area contributed by atoms with Crippen molar-refractivity contribution in [2.75, 3.05) is 44.2 Å². The third-order valence-electron chi connectivity index (χ3n) is 4.28. The Hall–Kier alpha value is -0.770. The third-order valence-corrected chi connectivity index (χ3v) is 4.52. The molecule has 0 radical (unpaired) electrons. The van der Waals surface area contributed by atoms with Gasteiger partial charge >= 0.3 is 0 Å². The van der Waals surface area contributed by atoms with Crippen LogP contribution in [0.3, 0.4) is 0 Å². The van der Waals surface area contributed by atoms with E-state index in [1.165, 1.54) is 5.69 Å². The highest BCUT2D eigenvalue weighted by Crippen LogP contribution is 2.21. The lowest BCUT2D eigenvalue weighted by atomic mass is 9.95. The Morgan fingerprint density at radius 3 is 2.45 bits per heavy atom. The molecule has 1 aliphatic rings. The van der Waals surface area contributed by atoms with Crippen molar-refractivity contribution in [2.24, 2.45) is 17.6 Å². The number of hydrogen-bond acceptors (Lipinski definition) is 3. The number of nitrogens with two attached hydrogens (primary N) is 1. The molecular formula is C16H26ClN3. The summed E-state index contributed by atoms with van der Waals surface area (Å²) in [5, 5.41) is 0.813. The Morgan fingerprint density at radius 2 is 1.90 bits per heavy atom. The van der Waals surface area contributed by atoms with E-state index in [-0.39, 0.29) is 0 Å². The number of benzene rings is 1. The van der Waals surface area contributed by atoms with E-state index in [1.54, 1.807) is 0 Å². The number of anilines is 1. The molecule has 0 spiro atoms. The van der Waals surface area contributed by atoms with Crippen LogP contribution in [0.2, 0.25) is 5.02 Å². The minimum Gasteiger partial charge on any atom is -0.369 e. The Morgan fingerprint density at radius 1 is 1.20 bits per heavy atom. The number of piperazine rings is 1. The second-order valence-corrected chi connectivity index (χ2v) is 6.44. The van der Waals surface area contributed by atoms with Gasteiger partial charge in [-0.2, -0.15) is 0 Å². The highest BCUT2D eigenvalue weighted by atomic mass is 35.5. The molecule has 2 N–H and O–H groups in total. The lowest BCUT2D eigenvalue weighted by Crippen LogP contribution is -2.49. The quantitative estimate of drug-likeness (QED) is 0.906. The summed E-state index contributed by atoms with van der Waals surface area (Å²) >= 11 is 6.06. The molecule has 1 aromatic carbocycles. The SMILES string of the molecule is CC(C)C(CN)CN1CCN(c2cccc(Cl)c2)CC1. The maximum Gasteiger partial charge on any atom is 0.0426 e. The molecular weight excluding hydrogens is 270 g/mol. The first-order valence-corrected chi connectivity index (χ1v) is 7.91. The van der Waals surface area contributed by atoms with Crippen molar-refractivity contribution in [3.63, 3.8) is 0 Å². The summed E-state index contributed by atoms with van der Waals surface area (Å²) in [5.41, 5.74) is 7.11. The molecule has 1 aromatic rings. The highest BCUT2D eigenvalue weighted by Gasteiger charge is 2.21. The molecule has 0 amide bonds. The van der Waals surface area contributed by atoms with Gasteiger partial charge in [-0.05, 0) is 36.6 Å². The predicted molar refractivity (Wildman–Crippen MR) is 87.5 cm³/mol. The van der Waals surface area contributed by atoms with E-state index in [1.807, 2.05) is 18.2 Å². The summed E-state index contributed by atoms with van der Waals surface area (Å²) in [6.07, 6.45) is 0. The molecule has 112 valence electrons. The van der Waals surface area contributed by atoms with Crippen LogP contribution < -0.4 is 10.6 Å². The molecule has 4 heteroatoms. The monoisotopic (exact) mass is 295 g/mol. The molecule has 1 saturated heterocycles. The third kappa shape index (κ3) is 4.11. The molecule has 2 rings (SSSR count). The maximum absolute atomic E-state index is 6.06. The average Bonchev–Trinajstić information content (AvgIpc) is 2.45. The van der Waals surface area contributed by atoms with E-state index >= 15 is 0 Å². The van der Waals surface area contributed by atoms with Crippen molar-refractivity contribution in [1.29, 1.82) is 0 Å². The van der Waals surface area contributed by atoms with Gasteiger partial charge in [0.15, 0.2) is 0 Å². The van der Waals surface area contributed by atoms with Gasteiger partial charge in [0.05, 0.1) is 0 Å². The summed E-state index contributed by atoms with van der Waals surface area (Å²) in [7, 11) is 0. The van der Waals surface area contributed by atoms with Gasteiger partial charge in [0.2, 0.25) is 0 Å². The largest absolute Gasteiger partial charge is 0.369 e. The van der Waals surface area contributed by atoms with Gasteiger partial charge < -0.3 is 10.6 Å². The van der Waals surface area contributed by atoms with E-state index in [4.69, 9.17) is 17.3 Å². The Balaban J connectivity index is 1.86. The summed E-state index contributed by atoms with van der Waals surface area (Å²) in [5.74, 6) is 1.26. The molecule has 20 heavy (non-hydrogen) atoms. The standard InChI is InChI=1S/C16H26ClN3/c1-13(2)14(11-18)12-19-6-8-20(9-7-19)16-5-3-4-15(17)10-16/h3-5,10,13-14H,6-9,11-12,18H2,1-2H3. The molecule has 0 aliphatic carbocycles. The predicted octanol–water partition coefficient (Wildman–Crippen LogP) is 2.69. The summed E-state index contributed by atoms with van der Waals surface area (Å²) in [6, 6.07) is 8.13. The maximum atomic E-state index is 6.06. The lowest BCUT2D eigenvalue weighted by Gasteiger charge is -2.38. The van der Waals surface area contributed by atoms with Crippen molar-refractivity contribution >= 4 is 17.3 Å². The van der Waals surface area contributed by atoms with Gasteiger partial charge in [0, 0.05) is 43.4 Å². The van der Waals surface area contributed by atoms with Crippen LogP contribution in [0.5, 0.6) is 0 Å². The van der Waals surface area contributed by atoms with Crippen LogP contribution in [-0.4, -0.2) is 44.2 Å². The van der Waals surface area contributed by atoms with E-state index in [9.17, 15) is 0 Å². The van der Waals surface area contributed by atoms with Gasteiger partial charge in [-0.25, -0.2) is 0 Å². The Bertz CT molecular complexity index is 414. The van der Waals surface area contributed by atoms with Crippen molar-refractivity contribution in [3.8, 4) is 0 Å². The number of halogens is 1. The van der Waals surface area contributed by atoms with E-state index < -0.39 is 0 Å². The molecule has 3 nitrogen and oxygen atoms in total. The van der Waals surface area contributed by atoms with Gasteiger partial charge in [-0.15, -0.1) is 0 Å². The fourth-order valence-corrected chi connectivity index (χ4v) is 2.94. The smallest absolute Gasteiger partial charge is 0.0426 e. The van der Waals surface area contributed by atoms with Crippen LogP contribution in [0, 0.1) is 11.8 Å². The summed E-state index contributed by atoms with van der Waals surface area (Å²) in [6.45, 7) is 10.8. The fraction of sp³-hybridized carbons (Fsp3) is 0.625. The van der Waals surface area contributed by atoms with Crippen molar-refractivity contribution in [1.82, 2.24) is 4.90 Å². The van der Waals surface area contributed by atoms with Crippen LogP contribution in [0.25, 0.3) is 0 Å². The van der Waals surface area contributed by atoms with Crippen LogP contribution >= 0.6 is 11.6 Å². The molecule has 1 aliphatic heterocycles. The van der Waals surface area contributed by atoms with Crippen LogP contribution in [0.4, 0.5) is 5.69 Å². The van der Waals surface area contributed by atoms with Crippen molar-refractivity contribution < 1.29 is 0 Å². The van der Waals surface area contributed by atoms with Gasteiger partial charge in [0.25, 0.3) is 0 Å².